The number of hydrogen-bond acceptors (Lipinski definition) is 2. The molecule has 0 aliphatic heterocycles. The number of ether oxygens (including phenoxy) is 1. The first kappa shape index (κ1) is 9.99. The molecule has 0 saturated heterocycles. The number of anilines is 1. The molecule has 0 spiro atoms. The minimum Gasteiger partial charge on any atom is -0.399 e. The van der Waals surface area contributed by atoms with Crippen LogP contribution in [0.5, 0.6) is 0 Å². The number of rotatable bonds is 2. The molecule has 0 aliphatic carbocycles. The molecule has 2 N–H and O–H groups in total. The highest BCUT2D eigenvalue weighted by molar-refractivity contribution is 5.43. The Morgan fingerprint density at radius 2 is 1.92 bits per heavy atom. The average Bonchev–Trinajstić information content (AvgIpc) is 2.02. The molecule has 0 fully saturated rings. The van der Waals surface area contributed by atoms with Crippen LogP contribution >= 0.6 is 0 Å². The molecule has 0 amide bonds. The number of halogens is 1. The summed E-state index contributed by atoms with van der Waals surface area (Å²) in [5.74, 6) is -0.333. The quantitative estimate of drug-likeness (QED) is 0.714. The molecule has 0 saturated carbocycles. The minimum absolute atomic E-state index is 0.333. The number of nitrogen functional groups attached to an aromatic ring is 1. The number of hydrogen-bond donors (Lipinski definition) is 1. The molecule has 13 heavy (non-hydrogen) atoms. The fourth-order valence-electron chi connectivity index (χ4n) is 1.08. The predicted molar refractivity (Wildman–Crippen MR) is 50.8 cm³/mol. The Morgan fingerprint density at radius 1 is 1.31 bits per heavy atom. The Morgan fingerprint density at radius 3 is 2.38 bits per heavy atom. The second-order valence-electron chi connectivity index (χ2n) is 3.49. The van der Waals surface area contributed by atoms with E-state index in [-0.39, 0.29) is 5.82 Å². The zero-order valence-electron chi connectivity index (χ0n) is 8.10. The summed E-state index contributed by atoms with van der Waals surface area (Å²) in [4.78, 5) is 0. The van der Waals surface area contributed by atoms with E-state index in [2.05, 4.69) is 0 Å². The van der Waals surface area contributed by atoms with Gasteiger partial charge in [0.25, 0.3) is 0 Å². The topological polar surface area (TPSA) is 35.2 Å². The minimum atomic E-state index is -0.504. The van der Waals surface area contributed by atoms with Crippen LogP contribution < -0.4 is 5.73 Å². The van der Waals surface area contributed by atoms with Crippen LogP contribution in [0.1, 0.15) is 19.4 Å². The van der Waals surface area contributed by atoms with Crippen molar-refractivity contribution in [1.82, 2.24) is 0 Å². The third kappa shape index (κ3) is 2.18. The van der Waals surface area contributed by atoms with Crippen LogP contribution in [0.4, 0.5) is 10.1 Å². The number of benzene rings is 1. The summed E-state index contributed by atoms with van der Waals surface area (Å²) in [6, 6.07) is 4.43. The Kier molecular flexibility index (Phi) is 2.57. The Hall–Kier alpha value is -1.09. The van der Waals surface area contributed by atoms with Gasteiger partial charge in [0.15, 0.2) is 0 Å². The van der Waals surface area contributed by atoms with Gasteiger partial charge in [0, 0.05) is 12.8 Å². The summed E-state index contributed by atoms with van der Waals surface area (Å²) < 4.78 is 18.2. The molecule has 0 bridgehead atoms. The van der Waals surface area contributed by atoms with Crippen LogP contribution in [0.3, 0.4) is 0 Å². The van der Waals surface area contributed by atoms with E-state index in [0.717, 1.165) is 5.56 Å². The van der Waals surface area contributed by atoms with Gasteiger partial charge < -0.3 is 10.5 Å². The zero-order chi connectivity index (χ0) is 10.1. The van der Waals surface area contributed by atoms with Crippen molar-refractivity contribution in [2.24, 2.45) is 0 Å². The largest absolute Gasteiger partial charge is 0.399 e. The van der Waals surface area contributed by atoms with E-state index in [1.165, 1.54) is 12.1 Å². The van der Waals surface area contributed by atoms with Crippen molar-refractivity contribution in [3.63, 3.8) is 0 Å². The van der Waals surface area contributed by atoms with Crippen molar-refractivity contribution in [3.8, 4) is 0 Å². The van der Waals surface area contributed by atoms with Crippen molar-refractivity contribution in [3.05, 3.63) is 29.6 Å². The molecule has 2 nitrogen and oxygen atoms in total. The molecule has 1 aromatic rings. The van der Waals surface area contributed by atoms with Gasteiger partial charge in [-0.05, 0) is 37.6 Å². The molecular formula is C10H14FNO. The SMILES string of the molecule is COC(C)(C)c1cc(N)cc(F)c1. The lowest BCUT2D eigenvalue weighted by atomic mass is 9.97. The lowest BCUT2D eigenvalue weighted by molar-refractivity contribution is 0.0190. The van der Waals surface area contributed by atoms with Gasteiger partial charge in [-0.15, -0.1) is 0 Å². The first-order valence-corrected chi connectivity index (χ1v) is 4.07. The summed E-state index contributed by atoms with van der Waals surface area (Å²) in [7, 11) is 1.58. The highest BCUT2D eigenvalue weighted by Crippen LogP contribution is 2.26. The van der Waals surface area contributed by atoms with Crippen LogP contribution in [0, 0.1) is 5.82 Å². The van der Waals surface area contributed by atoms with E-state index >= 15 is 0 Å². The maximum Gasteiger partial charge on any atom is 0.125 e. The van der Waals surface area contributed by atoms with Crippen LogP contribution in [0.2, 0.25) is 0 Å². The summed E-state index contributed by atoms with van der Waals surface area (Å²) in [6.45, 7) is 3.72. The third-order valence-corrected chi connectivity index (χ3v) is 2.13. The van der Waals surface area contributed by atoms with Gasteiger partial charge in [-0.3, -0.25) is 0 Å². The Labute approximate surface area is 77.5 Å². The maximum atomic E-state index is 13.0. The molecule has 72 valence electrons. The fourth-order valence-corrected chi connectivity index (χ4v) is 1.08. The molecule has 0 radical (unpaired) electrons. The van der Waals surface area contributed by atoms with Gasteiger partial charge >= 0.3 is 0 Å². The zero-order valence-corrected chi connectivity index (χ0v) is 8.10. The van der Waals surface area contributed by atoms with Gasteiger partial charge in [0.1, 0.15) is 5.82 Å². The van der Waals surface area contributed by atoms with Gasteiger partial charge in [-0.2, -0.15) is 0 Å². The predicted octanol–water partition coefficient (Wildman–Crippen LogP) is 2.29. The van der Waals surface area contributed by atoms with Gasteiger partial charge in [0.05, 0.1) is 5.60 Å². The highest BCUT2D eigenvalue weighted by Gasteiger charge is 2.20. The lowest BCUT2D eigenvalue weighted by Gasteiger charge is -2.23. The third-order valence-electron chi connectivity index (χ3n) is 2.13. The molecule has 3 heteroatoms. The van der Waals surface area contributed by atoms with Crippen LogP contribution in [0.25, 0.3) is 0 Å². The summed E-state index contributed by atoms with van der Waals surface area (Å²) in [5, 5.41) is 0. The standard InChI is InChI=1S/C10H14FNO/c1-10(2,13-3)7-4-8(11)6-9(12)5-7/h4-6H,12H2,1-3H3. The number of methoxy groups -OCH3 is 1. The van der Waals surface area contributed by atoms with E-state index in [1.54, 1.807) is 13.2 Å². The first-order chi connectivity index (χ1) is 5.95. The van der Waals surface area contributed by atoms with E-state index in [1.807, 2.05) is 13.8 Å². The molecule has 1 aromatic carbocycles. The van der Waals surface area contributed by atoms with Crippen molar-refractivity contribution < 1.29 is 9.13 Å². The summed E-state index contributed by atoms with van der Waals surface area (Å²) in [6.07, 6.45) is 0. The molecule has 0 atom stereocenters. The van der Waals surface area contributed by atoms with Crippen molar-refractivity contribution in [2.45, 2.75) is 19.4 Å². The van der Waals surface area contributed by atoms with Crippen molar-refractivity contribution in [1.29, 1.82) is 0 Å². The number of nitrogens with two attached hydrogens (primary N) is 1. The first-order valence-electron chi connectivity index (χ1n) is 4.07. The lowest BCUT2D eigenvalue weighted by Crippen LogP contribution is -2.19. The van der Waals surface area contributed by atoms with E-state index < -0.39 is 5.60 Å². The van der Waals surface area contributed by atoms with Gasteiger partial charge in [-0.25, -0.2) is 4.39 Å². The summed E-state index contributed by atoms with van der Waals surface area (Å²) in [5.41, 5.74) is 6.17. The van der Waals surface area contributed by atoms with Crippen LogP contribution in [-0.4, -0.2) is 7.11 Å². The Bertz CT molecular complexity index is 290. The van der Waals surface area contributed by atoms with Crippen molar-refractivity contribution in [2.75, 3.05) is 12.8 Å². The smallest absolute Gasteiger partial charge is 0.125 e. The van der Waals surface area contributed by atoms with E-state index in [0.29, 0.717) is 5.69 Å². The maximum absolute atomic E-state index is 13.0. The molecular weight excluding hydrogens is 169 g/mol. The van der Waals surface area contributed by atoms with E-state index in [4.69, 9.17) is 10.5 Å². The second kappa shape index (κ2) is 3.34. The fraction of sp³-hybridized carbons (Fsp3) is 0.400. The molecule has 0 aliphatic rings. The van der Waals surface area contributed by atoms with Gasteiger partial charge in [0.2, 0.25) is 0 Å². The summed E-state index contributed by atoms with van der Waals surface area (Å²) >= 11 is 0. The second-order valence-corrected chi connectivity index (χ2v) is 3.49. The van der Waals surface area contributed by atoms with Gasteiger partial charge in [-0.1, -0.05) is 0 Å². The van der Waals surface area contributed by atoms with Crippen molar-refractivity contribution >= 4 is 5.69 Å². The average molecular weight is 183 g/mol. The molecule has 0 unspecified atom stereocenters. The van der Waals surface area contributed by atoms with Crippen LogP contribution in [0.15, 0.2) is 18.2 Å². The van der Waals surface area contributed by atoms with E-state index in [9.17, 15) is 4.39 Å². The monoisotopic (exact) mass is 183 g/mol. The van der Waals surface area contributed by atoms with Crippen LogP contribution in [-0.2, 0) is 10.3 Å². The Balaban J connectivity index is 3.15. The highest BCUT2D eigenvalue weighted by atomic mass is 19.1. The molecule has 1 rings (SSSR count). The molecule has 0 aromatic heterocycles. The normalized spacial score (nSPS) is 11.7. The molecule has 0 heterocycles.